The molecule has 0 saturated carbocycles. The Kier molecular flexibility index (Phi) is 3.75. The first-order valence-corrected chi connectivity index (χ1v) is 4.94. The summed E-state index contributed by atoms with van der Waals surface area (Å²) in [7, 11) is 0. The number of rotatable bonds is 4. The van der Waals surface area contributed by atoms with Crippen LogP contribution in [0.3, 0.4) is 0 Å². The average molecular weight is 174 g/mol. The predicted octanol–water partition coefficient (Wildman–Crippen LogP) is 3.92. The Bertz CT molecular complexity index is 271. The van der Waals surface area contributed by atoms with Crippen LogP contribution in [0.25, 0.3) is 6.08 Å². The molecule has 0 aromatic heterocycles. The van der Waals surface area contributed by atoms with Gasteiger partial charge in [-0.2, -0.15) is 0 Å². The summed E-state index contributed by atoms with van der Waals surface area (Å²) in [5.41, 5.74) is 2.70. The fourth-order valence-corrected chi connectivity index (χ4v) is 1.41. The Balaban J connectivity index is 2.69. The van der Waals surface area contributed by atoms with Gasteiger partial charge in [-0.1, -0.05) is 50.8 Å². The third kappa shape index (κ3) is 3.06. The van der Waals surface area contributed by atoms with Gasteiger partial charge in [-0.25, -0.2) is 0 Å². The van der Waals surface area contributed by atoms with Crippen molar-refractivity contribution in [3.05, 3.63) is 42.0 Å². The van der Waals surface area contributed by atoms with Crippen LogP contribution in [0.15, 0.2) is 30.8 Å². The Morgan fingerprint density at radius 2 is 2.00 bits per heavy atom. The van der Waals surface area contributed by atoms with E-state index in [-0.39, 0.29) is 0 Å². The topological polar surface area (TPSA) is 0 Å². The van der Waals surface area contributed by atoms with Gasteiger partial charge in [0, 0.05) is 0 Å². The number of aryl methyl sites for hydroxylation is 1. The number of hydrogen-bond acceptors (Lipinski definition) is 0. The van der Waals surface area contributed by atoms with Gasteiger partial charge in [0.1, 0.15) is 0 Å². The van der Waals surface area contributed by atoms with Crippen molar-refractivity contribution >= 4 is 6.08 Å². The predicted molar refractivity (Wildman–Crippen MR) is 59.7 cm³/mol. The largest absolute Gasteiger partial charge is 0.0985 e. The summed E-state index contributed by atoms with van der Waals surface area (Å²) in [6, 6.07) is 8.49. The molecule has 0 unspecified atom stereocenters. The number of hydrogen-bond donors (Lipinski definition) is 0. The van der Waals surface area contributed by atoms with Crippen LogP contribution in [0, 0.1) is 5.92 Å². The molecule has 0 aliphatic carbocycles. The summed E-state index contributed by atoms with van der Waals surface area (Å²) < 4.78 is 0. The van der Waals surface area contributed by atoms with E-state index in [0.717, 1.165) is 5.92 Å². The molecular formula is C13H18. The van der Waals surface area contributed by atoms with Crippen molar-refractivity contribution in [2.24, 2.45) is 5.92 Å². The van der Waals surface area contributed by atoms with E-state index < -0.39 is 0 Å². The second-order valence-corrected chi connectivity index (χ2v) is 3.84. The standard InChI is InChI=1S/C13H18/c1-4-12-7-5-6-8-13(12)10-9-11(2)3/h4-8,11H,1,9-10H2,2-3H3. The summed E-state index contributed by atoms with van der Waals surface area (Å²) in [5.74, 6) is 0.776. The highest BCUT2D eigenvalue weighted by Gasteiger charge is 1.99. The van der Waals surface area contributed by atoms with E-state index in [1.165, 1.54) is 24.0 Å². The molecule has 0 N–H and O–H groups in total. The molecule has 1 aromatic carbocycles. The quantitative estimate of drug-likeness (QED) is 0.649. The van der Waals surface area contributed by atoms with Gasteiger partial charge in [0.2, 0.25) is 0 Å². The minimum Gasteiger partial charge on any atom is -0.0985 e. The van der Waals surface area contributed by atoms with Crippen LogP contribution in [0.1, 0.15) is 31.4 Å². The minimum atomic E-state index is 0.776. The van der Waals surface area contributed by atoms with Gasteiger partial charge >= 0.3 is 0 Å². The first-order valence-electron chi connectivity index (χ1n) is 4.94. The fourth-order valence-electron chi connectivity index (χ4n) is 1.41. The van der Waals surface area contributed by atoms with Crippen molar-refractivity contribution in [3.63, 3.8) is 0 Å². The minimum absolute atomic E-state index is 0.776. The van der Waals surface area contributed by atoms with Crippen LogP contribution in [0.2, 0.25) is 0 Å². The lowest BCUT2D eigenvalue weighted by atomic mass is 9.99. The molecule has 0 spiro atoms. The summed E-state index contributed by atoms with van der Waals surface area (Å²) in [5, 5.41) is 0. The molecule has 13 heavy (non-hydrogen) atoms. The van der Waals surface area contributed by atoms with E-state index in [2.05, 4.69) is 44.7 Å². The second-order valence-electron chi connectivity index (χ2n) is 3.84. The van der Waals surface area contributed by atoms with Gasteiger partial charge < -0.3 is 0 Å². The maximum atomic E-state index is 3.82. The molecule has 0 aliphatic rings. The molecular weight excluding hydrogens is 156 g/mol. The van der Waals surface area contributed by atoms with Crippen molar-refractivity contribution in [2.75, 3.05) is 0 Å². The van der Waals surface area contributed by atoms with Gasteiger partial charge in [0.05, 0.1) is 0 Å². The van der Waals surface area contributed by atoms with Gasteiger partial charge in [0.15, 0.2) is 0 Å². The van der Waals surface area contributed by atoms with Gasteiger partial charge in [-0.3, -0.25) is 0 Å². The van der Waals surface area contributed by atoms with Crippen LogP contribution in [0.4, 0.5) is 0 Å². The van der Waals surface area contributed by atoms with Gasteiger partial charge in [-0.15, -0.1) is 0 Å². The molecule has 0 heterocycles. The lowest BCUT2D eigenvalue weighted by molar-refractivity contribution is 0.586. The highest BCUT2D eigenvalue weighted by molar-refractivity contribution is 5.51. The summed E-state index contributed by atoms with van der Waals surface area (Å²) in [6.45, 7) is 8.34. The van der Waals surface area contributed by atoms with E-state index in [0.29, 0.717) is 0 Å². The Morgan fingerprint density at radius 1 is 1.31 bits per heavy atom. The third-order valence-electron chi connectivity index (χ3n) is 2.27. The van der Waals surface area contributed by atoms with Crippen LogP contribution in [0.5, 0.6) is 0 Å². The highest BCUT2D eigenvalue weighted by Crippen LogP contribution is 2.14. The zero-order valence-electron chi connectivity index (χ0n) is 8.59. The maximum absolute atomic E-state index is 3.82. The molecule has 0 amide bonds. The van der Waals surface area contributed by atoms with E-state index in [1.807, 2.05) is 6.08 Å². The summed E-state index contributed by atoms with van der Waals surface area (Å²) in [6.07, 6.45) is 4.36. The van der Waals surface area contributed by atoms with Crippen molar-refractivity contribution in [3.8, 4) is 0 Å². The SMILES string of the molecule is C=Cc1ccccc1CCC(C)C. The monoisotopic (exact) mass is 174 g/mol. The molecule has 70 valence electrons. The molecule has 0 atom stereocenters. The van der Waals surface area contributed by atoms with Crippen LogP contribution >= 0.6 is 0 Å². The van der Waals surface area contributed by atoms with Crippen LogP contribution in [-0.2, 0) is 6.42 Å². The molecule has 0 bridgehead atoms. The molecule has 0 heteroatoms. The Labute approximate surface area is 81.3 Å². The lowest BCUT2D eigenvalue weighted by Crippen LogP contribution is -1.94. The first-order chi connectivity index (χ1) is 6.24. The molecule has 0 saturated heterocycles. The van der Waals surface area contributed by atoms with E-state index in [9.17, 15) is 0 Å². The van der Waals surface area contributed by atoms with E-state index >= 15 is 0 Å². The average Bonchev–Trinajstić information content (AvgIpc) is 2.15. The molecule has 0 nitrogen and oxygen atoms in total. The normalized spacial score (nSPS) is 10.4. The molecule has 0 fully saturated rings. The Hall–Kier alpha value is -1.04. The molecule has 1 rings (SSSR count). The lowest BCUT2D eigenvalue weighted by Gasteiger charge is -2.07. The van der Waals surface area contributed by atoms with Crippen LogP contribution in [-0.4, -0.2) is 0 Å². The van der Waals surface area contributed by atoms with E-state index in [1.54, 1.807) is 0 Å². The maximum Gasteiger partial charge on any atom is -0.0230 e. The van der Waals surface area contributed by atoms with Crippen molar-refractivity contribution in [2.45, 2.75) is 26.7 Å². The fraction of sp³-hybridized carbons (Fsp3) is 0.385. The van der Waals surface area contributed by atoms with Gasteiger partial charge in [-0.05, 0) is 29.9 Å². The third-order valence-corrected chi connectivity index (χ3v) is 2.27. The zero-order valence-corrected chi connectivity index (χ0v) is 8.59. The second kappa shape index (κ2) is 4.86. The van der Waals surface area contributed by atoms with E-state index in [4.69, 9.17) is 0 Å². The van der Waals surface area contributed by atoms with Crippen LogP contribution < -0.4 is 0 Å². The zero-order chi connectivity index (χ0) is 9.68. The van der Waals surface area contributed by atoms with Crippen molar-refractivity contribution in [1.82, 2.24) is 0 Å². The van der Waals surface area contributed by atoms with Gasteiger partial charge in [0.25, 0.3) is 0 Å². The molecule has 0 radical (unpaired) electrons. The number of benzene rings is 1. The molecule has 1 aromatic rings. The summed E-state index contributed by atoms with van der Waals surface area (Å²) in [4.78, 5) is 0. The summed E-state index contributed by atoms with van der Waals surface area (Å²) >= 11 is 0. The highest BCUT2D eigenvalue weighted by atomic mass is 14.0. The Morgan fingerprint density at radius 3 is 2.62 bits per heavy atom. The van der Waals surface area contributed by atoms with Crippen molar-refractivity contribution in [1.29, 1.82) is 0 Å². The molecule has 0 aliphatic heterocycles. The van der Waals surface area contributed by atoms with Crippen molar-refractivity contribution < 1.29 is 0 Å². The smallest absolute Gasteiger partial charge is 0.0230 e. The first kappa shape index (κ1) is 10.0.